The Kier molecular flexibility index (Phi) is 20.9. The van der Waals surface area contributed by atoms with Crippen LogP contribution in [0.25, 0.3) is 43.2 Å². The van der Waals surface area contributed by atoms with Crippen molar-refractivity contribution in [1.82, 2.24) is 29.7 Å². The molecule has 3 aromatic heterocycles. The normalized spacial score (nSPS) is 13.9. The van der Waals surface area contributed by atoms with Gasteiger partial charge in [0.25, 0.3) is 0 Å². The highest BCUT2D eigenvalue weighted by molar-refractivity contribution is 7.22. The largest absolute Gasteiger partial charge is 0.543 e. The quantitative estimate of drug-likeness (QED) is 0.0401. The number of thiophene rings is 1. The molecule has 0 radical (unpaired) electrons. The zero-order chi connectivity index (χ0) is 67.0. The van der Waals surface area contributed by atoms with Crippen LogP contribution in [0.4, 0.5) is 4.39 Å². The number of fused-ring (bicyclic) bond motifs is 1. The van der Waals surface area contributed by atoms with Crippen LogP contribution in [-0.2, 0) is 28.2 Å². The highest BCUT2D eigenvalue weighted by atomic mass is 35.5. The molecule has 11 rings (SSSR count). The Bertz CT molecular complexity index is 4240. The minimum Gasteiger partial charge on any atom is -0.543 e. The van der Waals surface area contributed by atoms with Crippen LogP contribution in [0.1, 0.15) is 54.3 Å². The van der Waals surface area contributed by atoms with E-state index in [1.54, 1.807) is 51.8 Å². The number of benzene rings is 7. The van der Waals surface area contributed by atoms with Crippen molar-refractivity contribution in [3.8, 4) is 73.3 Å². The maximum absolute atomic E-state index is 14.8. The van der Waals surface area contributed by atoms with Crippen LogP contribution in [0.3, 0.4) is 0 Å². The lowest BCUT2D eigenvalue weighted by Gasteiger charge is -2.39. The minimum atomic E-state index is -2.39. The number of ether oxygens (including phenoxy) is 7. The Morgan fingerprint density at radius 1 is 0.716 bits per heavy atom. The molecule has 492 valence electrons. The second-order valence-corrected chi connectivity index (χ2v) is 31.1. The van der Waals surface area contributed by atoms with Gasteiger partial charge in [-0.15, -0.1) is 11.3 Å². The summed E-state index contributed by atoms with van der Waals surface area (Å²) in [5.74, 6) is 2.23. The summed E-state index contributed by atoms with van der Waals surface area (Å²) in [6, 6.07) is 50.7. The van der Waals surface area contributed by atoms with Crippen molar-refractivity contribution in [3.05, 3.63) is 221 Å². The van der Waals surface area contributed by atoms with E-state index in [1.165, 1.54) is 29.8 Å². The number of carboxylic acid groups (broad SMARTS) is 1. The molecular formula is C75H78ClFN6O10SSi. The van der Waals surface area contributed by atoms with E-state index in [9.17, 15) is 14.3 Å². The number of hydrogen-bond acceptors (Lipinski definition) is 16. The number of rotatable bonds is 26. The summed E-state index contributed by atoms with van der Waals surface area (Å²) in [6.07, 6.45) is 0.756. The summed E-state index contributed by atoms with van der Waals surface area (Å²) in [5, 5.41) is 11.9. The average Bonchev–Trinajstić information content (AvgIpc) is 1.72. The van der Waals surface area contributed by atoms with Crippen LogP contribution >= 0.6 is 22.9 Å². The van der Waals surface area contributed by atoms with E-state index in [2.05, 4.69) is 67.8 Å². The molecule has 20 heteroatoms. The fourth-order valence-corrected chi connectivity index (χ4v) is 13.8. The Morgan fingerprint density at radius 3 is 2.01 bits per heavy atom. The van der Waals surface area contributed by atoms with Crippen LogP contribution in [0.15, 0.2) is 176 Å². The number of halogens is 2. The van der Waals surface area contributed by atoms with Crippen LogP contribution < -0.4 is 32.8 Å². The van der Waals surface area contributed by atoms with Gasteiger partial charge in [0.2, 0.25) is 20.3 Å². The highest BCUT2D eigenvalue weighted by Crippen LogP contribution is 2.50. The minimum absolute atomic E-state index is 0.0128. The number of aliphatic carboxylic acids is 1. The molecular weight excluding hydrogens is 1260 g/mol. The molecule has 1 unspecified atom stereocenters. The standard InChI is InChI=1S/C75H78ClFN6O10SSi/c1-48-60(33-35-64(68(48)76)91-59(44-83-40-38-82(5)39-41-83)46-90-75(51-16-12-11-13-17-51,52-22-28-56(86-6)29-23-52)53-24-30-57(87-7)31-25-53)66-67-71(79-47-80-72(67)94-69(66)49-20-26-54(77)27-21-49)92-65(73(84)85)43-50-42-58(93-95(9,10)74(2,3)4)32-34-62(50)89-45-55-36-37-78-70(81-55)61-18-14-15-19-63(61)88-8/h11-37,42,47,59,65H,38-41,43-46H2,1-10H3,(H,84,85)/t59-,65?/m1/s1. The molecule has 4 heterocycles. The first-order chi connectivity index (χ1) is 45.7. The lowest BCUT2D eigenvalue weighted by atomic mass is 9.80. The Morgan fingerprint density at radius 2 is 1.36 bits per heavy atom. The van der Waals surface area contributed by atoms with E-state index in [1.807, 2.05) is 122 Å². The maximum Gasteiger partial charge on any atom is 0.345 e. The number of piperazine rings is 1. The number of likely N-dealkylation sites (N-methyl/N-ethyl adjacent to an activating group) is 1. The Labute approximate surface area is 564 Å². The van der Waals surface area contributed by atoms with Crippen LogP contribution in [-0.4, -0.2) is 129 Å². The maximum atomic E-state index is 14.8. The van der Waals surface area contributed by atoms with Crippen molar-refractivity contribution < 1.29 is 51.9 Å². The number of para-hydroxylation sites is 1. The molecule has 1 aliphatic heterocycles. The smallest absolute Gasteiger partial charge is 0.345 e. The van der Waals surface area contributed by atoms with Gasteiger partial charge < -0.3 is 47.6 Å². The van der Waals surface area contributed by atoms with Crippen molar-refractivity contribution >= 4 is 47.4 Å². The van der Waals surface area contributed by atoms with Gasteiger partial charge in [-0.2, -0.15) is 0 Å². The third-order valence-electron chi connectivity index (χ3n) is 17.8. The van der Waals surface area contributed by atoms with E-state index in [0.29, 0.717) is 100 Å². The fraction of sp³-hybridized carbons (Fsp3) is 0.293. The van der Waals surface area contributed by atoms with Crippen molar-refractivity contribution in [2.24, 2.45) is 0 Å². The summed E-state index contributed by atoms with van der Waals surface area (Å²) in [5.41, 5.74) is 5.93. The van der Waals surface area contributed by atoms with Crippen molar-refractivity contribution in [2.75, 3.05) is 67.7 Å². The lowest BCUT2D eigenvalue weighted by Crippen LogP contribution is -2.49. The first kappa shape index (κ1) is 67.5. The highest BCUT2D eigenvalue weighted by Gasteiger charge is 2.41. The summed E-state index contributed by atoms with van der Waals surface area (Å²) in [4.78, 5) is 38.5. The summed E-state index contributed by atoms with van der Waals surface area (Å²) >= 11 is 9.00. The molecule has 7 aromatic carbocycles. The number of carboxylic acids is 1. The van der Waals surface area contributed by atoms with Crippen molar-refractivity contribution in [2.45, 2.75) is 76.7 Å². The summed E-state index contributed by atoms with van der Waals surface area (Å²) in [6.45, 7) is 16.7. The Balaban J connectivity index is 0.961. The first-order valence-corrected chi connectivity index (χ1v) is 35.5. The van der Waals surface area contributed by atoms with Gasteiger partial charge in [0.05, 0.1) is 49.6 Å². The molecule has 16 nitrogen and oxygen atoms in total. The van der Waals surface area contributed by atoms with Gasteiger partial charge in [0.1, 0.15) is 69.8 Å². The van der Waals surface area contributed by atoms with E-state index in [0.717, 1.165) is 48.4 Å². The average molecular weight is 1340 g/mol. The molecule has 0 spiro atoms. The van der Waals surface area contributed by atoms with E-state index >= 15 is 0 Å². The molecule has 0 amide bonds. The molecule has 2 atom stereocenters. The zero-order valence-electron chi connectivity index (χ0n) is 55.0. The third-order valence-corrected chi connectivity index (χ3v) is 23.7. The van der Waals surface area contributed by atoms with Gasteiger partial charge in [-0.3, -0.25) is 4.90 Å². The predicted molar refractivity (Wildman–Crippen MR) is 373 cm³/mol. The number of nitrogens with zero attached hydrogens (tertiary/aromatic N) is 6. The van der Waals surface area contributed by atoms with Crippen LogP contribution in [0, 0.1) is 12.7 Å². The fourth-order valence-electron chi connectivity index (χ4n) is 11.5. The molecule has 1 saturated heterocycles. The molecule has 0 aliphatic carbocycles. The van der Waals surface area contributed by atoms with Crippen molar-refractivity contribution in [1.29, 1.82) is 0 Å². The molecule has 95 heavy (non-hydrogen) atoms. The zero-order valence-corrected chi connectivity index (χ0v) is 57.6. The number of methoxy groups -OCH3 is 3. The molecule has 1 fully saturated rings. The topological polar surface area (TPSA) is 169 Å². The van der Waals surface area contributed by atoms with E-state index < -0.39 is 37.9 Å². The molecule has 0 saturated carbocycles. The van der Waals surface area contributed by atoms with Gasteiger partial charge in [-0.05, 0) is 144 Å². The van der Waals surface area contributed by atoms with E-state index in [4.69, 9.17) is 64.1 Å². The summed E-state index contributed by atoms with van der Waals surface area (Å²) in [7, 11) is 4.62. The monoisotopic (exact) mass is 1340 g/mol. The number of aromatic nitrogens is 4. The summed E-state index contributed by atoms with van der Waals surface area (Å²) < 4.78 is 66.4. The van der Waals surface area contributed by atoms with Gasteiger partial charge in [0.15, 0.2) is 5.82 Å². The number of hydrogen-bond donors (Lipinski definition) is 1. The number of carbonyl (C=O) groups is 1. The van der Waals surface area contributed by atoms with E-state index in [-0.39, 0.29) is 30.6 Å². The first-order valence-electron chi connectivity index (χ1n) is 31.4. The van der Waals surface area contributed by atoms with Gasteiger partial charge in [0, 0.05) is 61.3 Å². The van der Waals surface area contributed by atoms with Gasteiger partial charge in [-0.25, -0.2) is 29.1 Å². The second-order valence-electron chi connectivity index (χ2n) is 25.0. The predicted octanol–water partition coefficient (Wildman–Crippen LogP) is 15.7. The van der Waals surface area contributed by atoms with Crippen LogP contribution in [0.5, 0.6) is 40.4 Å². The third kappa shape index (κ3) is 15.1. The second kappa shape index (κ2) is 29.4. The Hall–Kier alpha value is -8.95. The van der Waals surface area contributed by atoms with Gasteiger partial charge >= 0.3 is 5.97 Å². The molecule has 1 aliphatic rings. The molecule has 1 N–H and O–H groups in total. The van der Waals surface area contributed by atoms with Gasteiger partial charge in [-0.1, -0.05) is 117 Å². The SMILES string of the molecule is COc1ccc(C(OC[C@@H](CN2CCN(C)CC2)Oc2ccc(-c3c(-c4ccc(F)cc4)sc4ncnc(OC(Cc5cc(O[Si](C)(C)C(C)(C)C)ccc5OCc5ccnc(-c6ccccc6OC)n5)C(=O)O)c34)c(C)c2Cl)(c2ccccc2)c2ccc(OC)cc2)cc1. The molecule has 0 bridgehead atoms. The molecule has 10 aromatic rings. The van der Waals surface area contributed by atoms with Crippen LogP contribution in [0.2, 0.25) is 23.2 Å². The van der Waals surface area contributed by atoms with Crippen molar-refractivity contribution in [3.63, 3.8) is 0 Å². The lowest BCUT2D eigenvalue weighted by molar-refractivity contribution is -0.145.